The Balaban J connectivity index is 2.89. The first-order valence-corrected chi connectivity index (χ1v) is 4.38. The van der Waals surface area contributed by atoms with Crippen LogP contribution in [0.1, 0.15) is 26.7 Å². The Labute approximate surface area is 69.9 Å². The third-order valence-corrected chi connectivity index (χ3v) is 1.88. The molecule has 0 saturated heterocycles. The molecule has 0 saturated carbocycles. The summed E-state index contributed by atoms with van der Waals surface area (Å²) in [5, 5.41) is 0. The van der Waals surface area contributed by atoms with E-state index >= 15 is 0 Å². The lowest BCUT2D eigenvalue weighted by molar-refractivity contribution is 0.0644. The first-order chi connectivity index (χ1) is 5.31. The second kappa shape index (κ2) is 8.02. The van der Waals surface area contributed by atoms with Crippen molar-refractivity contribution in [1.82, 2.24) is 0 Å². The van der Waals surface area contributed by atoms with Crippen molar-refractivity contribution < 1.29 is 9.47 Å². The van der Waals surface area contributed by atoms with Crippen LogP contribution in [-0.4, -0.2) is 26.9 Å². The van der Waals surface area contributed by atoms with Gasteiger partial charge in [-0.05, 0) is 12.3 Å². The maximum atomic E-state index is 5.32. The van der Waals surface area contributed by atoms with Gasteiger partial charge in [0.2, 0.25) is 0 Å². The van der Waals surface area contributed by atoms with Crippen LogP contribution in [0.3, 0.4) is 0 Å². The number of hydrogen-bond acceptors (Lipinski definition) is 2. The lowest BCUT2D eigenvalue weighted by atomic mass is 10.1. The van der Waals surface area contributed by atoms with Crippen molar-refractivity contribution in [3.8, 4) is 0 Å². The van der Waals surface area contributed by atoms with Crippen LogP contribution in [-0.2, 0) is 9.47 Å². The van der Waals surface area contributed by atoms with Crippen molar-refractivity contribution in [2.75, 3.05) is 26.9 Å². The molecule has 0 spiro atoms. The Hall–Kier alpha value is -0.0800. The second-order valence-corrected chi connectivity index (χ2v) is 2.91. The van der Waals surface area contributed by atoms with Crippen molar-refractivity contribution in [2.24, 2.45) is 5.92 Å². The van der Waals surface area contributed by atoms with Crippen molar-refractivity contribution in [1.29, 1.82) is 0 Å². The SMILES string of the molecule is CC[C@@H](C)CCOCCOC. The molecule has 0 aliphatic rings. The molecule has 0 bridgehead atoms. The molecule has 1 atom stereocenters. The van der Waals surface area contributed by atoms with E-state index in [-0.39, 0.29) is 0 Å². The van der Waals surface area contributed by atoms with E-state index in [1.807, 2.05) is 0 Å². The fourth-order valence-corrected chi connectivity index (χ4v) is 0.733. The zero-order valence-electron chi connectivity index (χ0n) is 7.93. The summed E-state index contributed by atoms with van der Waals surface area (Å²) in [6.45, 7) is 6.77. The highest BCUT2D eigenvalue weighted by molar-refractivity contribution is 4.47. The van der Waals surface area contributed by atoms with Crippen LogP contribution in [0.25, 0.3) is 0 Å². The fraction of sp³-hybridized carbons (Fsp3) is 1.00. The maximum Gasteiger partial charge on any atom is 0.0700 e. The molecule has 0 aliphatic heterocycles. The van der Waals surface area contributed by atoms with Crippen molar-refractivity contribution in [3.63, 3.8) is 0 Å². The molecule has 0 radical (unpaired) electrons. The number of methoxy groups -OCH3 is 1. The van der Waals surface area contributed by atoms with E-state index in [0.717, 1.165) is 19.1 Å². The van der Waals surface area contributed by atoms with Gasteiger partial charge in [0.05, 0.1) is 13.2 Å². The van der Waals surface area contributed by atoms with Gasteiger partial charge in [-0.3, -0.25) is 0 Å². The lowest BCUT2D eigenvalue weighted by Gasteiger charge is -2.07. The number of hydrogen-bond donors (Lipinski definition) is 0. The van der Waals surface area contributed by atoms with E-state index in [1.54, 1.807) is 7.11 Å². The van der Waals surface area contributed by atoms with Gasteiger partial charge in [-0.1, -0.05) is 20.3 Å². The van der Waals surface area contributed by atoms with E-state index in [9.17, 15) is 0 Å². The minimum Gasteiger partial charge on any atom is -0.382 e. The van der Waals surface area contributed by atoms with Crippen LogP contribution in [0.15, 0.2) is 0 Å². The second-order valence-electron chi connectivity index (χ2n) is 2.91. The van der Waals surface area contributed by atoms with Gasteiger partial charge in [-0.15, -0.1) is 0 Å². The van der Waals surface area contributed by atoms with Crippen molar-refractivity contribution in [3.05, 3.63) is 0 Å². The average Bonchev–Trinajstić information content (AvgIpc) is 2.04. The third kappa shape index (κ3) is 7.82. The van der Waals surface area contributed by atoms with Gasteiger partial charge in [0.15, 0.2) is 0 Å². The molecule has 0 aromatic rings. The van der Waals surface area contributed by atoms with Crippen LogP contribution in [0.5, 0.6) is 0 Å². The van der Waals surface area contributed by atoms with E-state index in [2.05, 4.69) is 13.8 Å². The van der Waals surface area contributed by atoms with Gasteiger partial charge in [-0.2, -0.15) is 0 Å². The van der Waals surface area contributed by atoms with Crippen LogP contribution in [0.4, 0.5) is 0 Å². The molecule has 0 aromatic heterocycles. The lowest BCUT2D eigenvalue weighted by Crippen LogP contribution is -2.05. The standard InChI is InChI=1S/C9H20O2/c1-4-9(2)5-6-11-8-7-10-3/h9H,4-8H2,1-3H3/t9-/m1/s1. The zero-order valence-corrected chi connectivity index (χ0v) is 7.93. The predicted octanol–water partition coefficient (Wildman–Crippen LogP) is 2.09. The monoisotopic (exact) mass is 160 g/mol. The summed E-state index contributed by atoms with van der Waals surface area (Å²) in [4.78, 5) is 0. The molecule has 0 N–H and O–H groups in total. The molecule has 0 aliphatic carbocycles. The Morgan fingerprint density at radius 3 is 2.45 bits per heavy atom. The summed E-state index contributed by atoms with van der Waals surface area (Å²) in [6, 6.07) is 0. The summed E-state index contributed by atoms with van der Waals surface area (Å²) in [5.74, 6) is 0.789. The Kier molecular flexibility index (Phi) is 7.96. The summed E-state index contributed by atoms with van der Waals surface area (Å²) < 4.78 is 10.2. The minimum atomic E-state index is 0.709. The van der Waals surface area contributed by atoms with Crippen molar-refractivity contribution in [2.45, 2.75) is 26.7 Å². The molecular weight excluding hydrogens is 140 g/mol. The molecule has 68 valence electrons. The third-order valence-electron chi connectivity index (χ3n) is 1.88. The topological polar surface area (TPSA) is 18.5 Å². The van der Waals surface area contributed by atoms with Gasteiger partial charge < -0.3 is 9.47 Å². The Bertz CT molecular complexity index is 74.0. The Morgan fingerprint density at radius 2 is 1.91 bits per heavy atom. The molecule has 11 heavy (non-hydrogen) atoms. The highest BCUT2D eigenvalue weighted by atomic mass is 16.5. The molecule has 2 heteroatoms. The molecule has 0 rings (SSSR count). The number of ether oxygens (including phenoxy) is 2. The highest BCUT2D eigenvalue weighted by Gasteiger charge is 1.97. The molecule has 0 fully saturated rings. The van der Waals surface area contributed by atoms with E-state index < -0.39 is 0 Å². The van der Waals surface area contributed by atoms with E-state index in [1.165, 1.54) is 12.8 Å². The summed E-state index contributed by atoms with van der Waals surface area (Å²) in [5.41, 5.74) is 0. The van der Waals surface area contributed by atoms with Crippen LogP contribution >= 0.6 is 0 Å². The van der Waals surface area contributed by atoms with Gasteiger partial charge >= 0.3 is 0 Å². The summed E-state index contributed by atoms with van der Waals surface area (Å²) in [7, 11) is 1.69. The molecule has 0 heterocycles. The van der Waals surface area contributed by atoms with E-state index in [0.29, 0.717) is 6.61 Å². The first-order valence-electron chi connectivity index (χ1n) is 4.38. The van der Waals surface area contributed by atoms with Crippen LogP contribution < -0.4 is 0 Å². The normalized spacial score (nSPS) is 13.4. The van der Waals surface area contributed by atoms with Gasteiger partial charge in [0.1, 0.15) is 0 Å². The van der Waals surface area contributed by atoms with Gasteiger partial charge in [-0.25, -0.2) is 0 Å². The predicted molar refractivity (Wildman–Crippen MR) is 46.8 cm³/mol. The maximum absolute atomic E-state index is 5.32. The molecule has 0 amide bonds. The van der Waals surface area contributed by atoms with Gasteiger partial charge in [0.25, 0.3) is 0 Å². The fourth-order valence-electron chi connectivity index (χ4n) is 0.733. The molecule has 0 aromatic carbocycles. The molecule has 0 unspecified atom stereocenters. The molecular formula is C9H20O2. The number of rotatable bonds is 7. The molecule has 2 nitrogen and oxygen atoms in total. The summed E-state index contributed by atoms with van der Waals surface area (Å²) >= 11 is 0. The van der Waals surface area contributed by atoms with Crippen LogP contribution in [0.2, 0.25) is 0 Å². The van der Waals surface area contributed by atoms with Gasteiger partial charge in [0, 0.05) is 13.7 Å². The highest BCUT2D eigenvalue weighted by Crippen LogP contribution is 2.05. The first kappa shape index (κ1) is 10.9. The summed E-state index contributed by atoms with van der Waals surface area (Å²) in [6.07, 6.45) is 2.41. The quantitative estimate of drug-likeness (QED) is 0.531. The minimum absolute atomic E-state index is 0.709. The smallest absolute Gasteiger partial charge is 0.0700 e. The zero-order chi connectivity index (χ0) is 8.53. The average molecular weight is 160 g/mol. The van der Waals surface area contributed by atoms with Crippen molar-refractivity contribution >= 4 is 0 Å². The van der Waals surface area contributed by atoms with E-state index in [4.69, 9.17) is 9.47 Å². The van der Waals surface area contributed by atoms with Crippen LogP contribution in [0, 0.1) is 5.92 Å². The Morgan fingerprint density at radius 1 is 1.18 bits per heavy atom. The largest absolute Gasteiger partial charge is 0.382 e.